The molecule has 0 aromatic rings. The first-order chi connectivity index (χ1) is 12.4. The molecule has 2 heteroatoms. The molecule has 0 spiro atoms. The highest BCUT2D eigenvalue weighted by molar-refractivity contribution is 5.85. The predicted octanol–water partition coefficient (Wildman–Crippen LogP) is 8.31. The van der Waals surface area contributed by atoms with Crippen LogP contribution in [0.15, 0.2) is 11.6 Å². The Balaban J connectivity index is 3.42. The molecular formula is C24H46O2. The van der Waals surface area contributed by atoms with Gasteiger partial charge >= 0.3 is 5.97 Å². The maximum atomic E-state index is 10.8. The van der Waals surface area contributed by atoms with Crippen LogP contribution in [0.25, 0.3) is 0 Å². The number of allylic oxidation sites excluding steroid dienone is 1. The number of aliphatic carboxylic acids is 1. The summed E-state index contributed by atoms with van der Waals surface area (Å²) in [6, 6.07) is 0. The molecule has 1 N–H and O–H groups in total. The fourth-order valence-electron chi connectivity index (χ4n) is 3.42. The van der Waals surface area contributed by atoms with E-state index in [1.807, 2.05) is 6.08 Å². The van der Waals surface area contributed by atoms with Gasteiger partial charge < -0.3 is 5.11 Å². The molecule has 0 rings (SSSR count). The molecule has 0 radical (unpaired) electrons. The summed E-state index contributed by atoms with van der Waals surface area (Å²) in [7, 11) is 0. The summed E-state index contributed by atoms with van der Waals surface area (Å²) < 4.78 is 0. The maximum absolute atomic E-state index is 10.8. The van der Waals surface area contributed by atoms with Crippen molar-refractivity contribution in [3.05, 3.63) is 11.6 Å². The van der Waals surface area contributed by atoms with Crippen molar-refractivity contribution in [1.82, 2.24) is 0 Å². The van der Waals surface area contributed by atoms with E-state index in [4.69, 9.17) is 5.11 Å². The van der Waals surface area contributed by atoms with Crippen molar-refractivity contribution in [2.75, 3.05) is 0 Å². The highest BCUT2D eigenvalue weighted by Gasteiger charge is 2.16. The van der Waals surface area contributed by atoms with Gasteiger partial charge in [-0.25, -0.2) is 4.79 Å². The van der Waals surface area contributed by atoms with E-state index in [1.54, 1.807) is 6.92 Å². The molecule has 0 atom stereocenters. The number of unbranched alkanes of at least 4 members (excludes halogenated alkanes) is 13. The Kier molecular flexibility index (Phi) is 15.9. The Hall–Kier alpha value is -0.790. The monoisotopic (exact) mass is 366 g/mol. The zero-order valence-electron chi connectivity index (χ0n) is 18.2. The second-order valence-electron chi connectivity index (χ2n) is 8.91. The van der Waals surface area contributed by atoms with Crippen LogP contribution in [0.4, 0.5) is 0 Å². The van der Waals surface area contributed by atoms with Gasteiger partial charge in [-0.3, -0.25) is 0 Å². The summed E-state index contributed by atoms with van der Waals surface area (Å²) in [6.07, 6.45) is 23.5. The number of carboxylic acids is 1. The van der Waals surface area contributed by atoms with Crippen LogP contribution in [-0.4, -0.2) is 11.1 Å². The molecule has 0 aliphatic rings. The second-order valence-corrected chi connectivity index (χ2v) is 8.91. The molecule has 154 valence electrons. The van der Waals surface area contributed by atoms with Crippen molar-refractivity contribution in [3.8, 4) is 0 Å². The second kappa shape index (κ2) is 16.4. The van der Waals surface area contributed by atoms with Gasteiger partial charge in [-0.15, -0.1) is 0 Å². The summed E-state index contributed by atoms with van der Waals surface area (Å²) in [6.45, 7) is 8.47. The van der Waals surface area contributed by atoms with Crippen LogP contribution in [0.3, 0.4) is 0 Å². The molecule has 0 saturated carbocycles. The van der Waals surface area contributed by atoms with Crippen LogP contribution < -0.4 is 0 Å². The van der Waals surface area contributed by atoms with Gasteiger partial charge in [0.05, 0.1) is 0 Å². The molecule has 0 aromatic heterocycles. The first kappa shape index (κ1) is 25.2. The SMILES string of the molecule is CCCCCCCCCCCCCCCCC(C)(C)CC=C(C)C(=O)O. The predicted molar refractivity (Wildman–Crippen MR) is 115 cm³/mol. The first-order valence-electron chi connectivity index (χ1n) is 11.3. The Morgan fingerprint density at radius 3 is 1.54 bits per heavy atom. The number of hydrogen-bond acceptors (Lipinski definition) is 1. The molecule has 0 bridgehead atoms. The molecule has 2 nitrogen and oxygen atoms in total. The van der Waals surface area contributed by atoms with Crippen molar-refractivity contribution >= 4 is 5.97 Å². The van der Waals surface area contributed by atoms with E-state index in [2.05, 4.69) is 20.8 Å². The summed E-state index contributed by atoms with van der Waals surface area (Å²) >= 11 is 0. The van der Waals surface area contributed by atoms with Gasteiger partial charge in [0, 0.05) is 5.57 Å². The molecule has 0 aliphatic carbocycles. The van der Waals surface area contributed by atoms with E-state index in [1.165, 1.54) is 96.3 Å². The summed E-state index contributed by atoms with van der Waals surface area (Å²) in [5.74, 6) is -0.794. The van der Waals surface area contributed by atoms with Crippen LogP contribution in [0.5, 0.6) is 0 Å². The van der Waals surface area contributed by atoms with Gasteiger partial charge in [-0.1, -0.05) is 117 Å². The normalized spacial score (nSPS) is 12.5. The third-order valence-electron chi connectivity index (χ3n) is 5.51. The Bertz CT molecular complexity index is 368. The van der Waals surface area contributed by atoms with Gasteiger partial charge in [0.1, 0.15) is 0 Å². The van der Waals surface area contributed by atoms with Crippen molar-refractivity contribution in [1.29, 1.82) is 0 Å². The van der Waals surface area contributed by atoms with E-state index < -0.39 is 5.97 Å². The highest BCUT2D eigenvalue weighted by Crippen LogP contribution is 2.29. The third kappa shape index (κ3) is 16.7. The Morgan fingerprint density at radius 2 is 1.15 bits per heavy atom. The zero-order valence-corrected chi connectivity index (χ0v) is 18.2. The van der Waals surface area contributed by atoms with E-state index in [9.17, 15) is 4.79 Å². The minimum absolute atomic E-state index is 0.216. The maximum Gasteiger partial charge on any atom is 0.330 e. The molecule has 0 amide bonds. The quantitative estimate of drug-likeness (QED) is 0.195. The molecule has 0 aliphatic heterocycles. The molecule has 0 saturated heterocycles. The summed E-state index contributed by atoms with van der Waals surface area (Å²) in [5, 5.41) is 8.92. The smallest absolute Gasteiger partial charge is 0.330 e. The van der Waals surface area contributed by atoms with Crippen molar-refractivity contribution in [2.45, 2.75) is 130 Å². The van der Waals surface area contributed by atoms with Gasteiger partial charge in [0.15, 0.2) is 0 Å². The van der Waals surface area contributed by atoms with E-state index >= 15 is 0 Å². The van der Waals surface area contributed by atoms with Crippen molar-refractivity contribution in [3.63, 3.8) is 0 Å². The Labute approximate surface area is 163 Å². The molecule has 0 unspecified atom stereocenters. The fraction of sp³-hybridized carbons (Fsp3) is 0.875. The summed E-state index contributed by atoms with van der Waals surface area (Å²) in [4.78, 5) is 10.8. The number of carboxylic acid groups (broad SMARTS) is 1. The van der Waals surface area contributed by atoms with Crippen LogP contribution in [0.1, 0.15) is 130 Å². The average Bonchev–Trinajstić information content (AvgIpc) is 2.60. The Morgan fingerprint density at radius 1 is 0.769 bits per heavy atom. The average molecular weight is 367 g/mol. The van der Waals surface area contributed by atoms with Gasteiger partial charge in [0.25, 0.3) is 0 Å². The third-order valence-corrected chi connectivity index (χ3v) is 5.51. The van der Waals surface area contributed by atoms with Crippen LogP contribution in [0.2, 0.25) is 0 Å². The lowest BCUT2D eigenvalue weighted by Crippen LogP contribution is -2.10. The van der Waals surface area contributed by atoms with Gasteiger partial charge in [-0.2, -0.15) is 0 Å². The van der Waals surface area contributed by atoms with Crippen LogP contribution >= 0.6 is 0 Å². The van der Waals surface area contributed by atoms with Crippen LogP contribution in [-0.2, 0) is 4.79 Å². The zero-order chi connectivity index (χ0) is 19.7. The first-order valence-corrected chi connectivity index (χ1v) is 11.3. The largest absolute Gasteiger partial charge is 0.478 e. The lowest BCUT2D eigenvalue weighted by molar-refractivity contribution is -0.132. The minimum Gasteiger partial charge on any atom is -0.478 e. The van der Waals surface area contributed by atoms with Gasteiger partial charge in [0.2, 0.25) is 0 Å². The molecule has 0 aromatic carbocycles. The van der Waals surface area contributed by atoms with Crippen molar-refractivity contribution in [2.24, 2.45) is 5.41 Å². The molecule has 26 heavy (non-hydrogen) atoms. The number of carbonyl (C=O) groups is 1. The van der Waals surface area contributed by atoms with E-state index in [-0.39, 0.29) is 5.41 Å². The molecular weight excluding hydrogens is 320 g/mol. The summed E-state index contributed by atoms with van der Waals surface area (Å²) in [5.41, 5.74) is 0.687. The number of hydrogen-bond donors (Lipinski definition) is 1. The van der Waals surface area contributed by atoms with Gasteiger partial charge in [-0.05, 0) is 25.2 Å². The van der Waals surface area contributed by atoms with Crippen molar-refractivity contribution < 1.29 is 9.90 Å². The highest BCUT2D eigenvalue weighted by atomic mass is 16.4. The topological polar surface area (TPSA) is 37.3 Å². The van der Waals surface area contributed by atoms with E-state index in [0.29, 0.717) is 5.57 Å². The lowest BCUT2D eigenvalue weighted by atomic mass is 9.83. The van der Waals surface area contributed by atoms with Crippen LogP contribution in [0, 0.1) is 5.41 Å². The van der Waals surface area contributed by atoms with E-state index in [0.717, 1.165) is 6.42 Å². The molecule has 0 heterocycles. The lowest BCUT2D eigenvalue weighted by Gasteiger charge is -2.23. The minimum atomic E-state index is -0.794. The molecule has 0 fully saturated rings. The fourth-order valence-corrected chi connectivity index (χ4v) is 3.42. The number of rotatable bonds is 18. The standard InChI is InChI=1S/C24H46O2/c1-5-6-7-8-9-10-11-12-13-14-15-16-17-18-20-24(3,4)21-19-22(2)23(25)26/h19H,5-18,20-21H2,1-4H3,(H,25,26).